The molecule has 1 heterocycles. The zero-order chi connectivity index (χ0) is 13.4. The maximum Gasteiger partial charge on any atom is 0.209 e. The molecule has 94 valence electrons. The summed E-state index contributed by atoms with van der Waals surface area (Å²) in [6.07, 6.45) is 0. The van der Waals surface area contributed by atoms with Gasteiger partial charge in [-0.2, -0.15) is 0 Å². The topological polar surface area (TPSA) is 32.9 Å². The zero-order valence-corrected chi connectivity index (χ0v) is 12.7. The van der Waals surface area contributed by atoms with Gasteiger partial charge in [0.1, 0.15) is 0 Å². The van der Waals surface area contributed by atoms with Gasteiger partial charge in [0.05, 0.1) is 5.69 Å². The first kappa shape index (κ1) is 13.4. The number of halogens is 2. The van der Waals surface area contributed by atoms with Gasteiger partial charge in [0.25, 0.3) is 0 Å². The van der Waals surface area contributed by atoms with E-state index in [1.165, 1.54) is 0 Å². The molecule has 2 nitrogen and oxygen atoms in total. The molecule has 0 aliphatic carbocycles. The van der Waals surface area contributed by atoms with Crippen molar-refractivity contribution >= 4 is 33.3 Å². The minimum atomic E-state index is -0.0353. The van der Waals surface area contributed by atoms with E-state index in [4.69, 9.17) is 11.6 Å². The SMILES string of the molecule is Cc1[nH]c(C(=O)c2cc(Cl)cc(Br)c2)c(C)c1C. The fourth-order valence-corrected chi connectivity index (χ4v) is 2.76. The van der Waals surface area contributed by atoms with Crippen LogP contribution in [0.2, 0.25) is 5.02 Å². The number of aryl methyl sites for hydroxylation is 1. The summed E-state index contributed by atoms with van der Waals surface area (Å²) in [5, 5.41) is 0.547. The number of rotatable bonds is 2. The van der Waals surface area contributed by atoms with Gasteiger partial charge in [0.15, 0.2) is 0 Å². The van der Waals surface area contributed by atoms with Gasteiger partial charge in [-0.3, -0.25) is 4.79 Å². The average molecular weight is 327 g/mol. The Bertz CT molecular complexity index is 611. The summed E-state index contributed by atoms with van der Waals surface area (Å²) < 4.78 is 0.802. The second-order valence-electron chi connectivity index (χ2n) is 4.36. The van der Waals surface area contributed by atoms with Crippen LogP contribution in [0.5, 0.6) is 0 Å². The largest absolute Gasteiger partial charge is 0.356 e. The molecule has 18 heavy (non-hydrogen) atoms. The van der Waals surface area contributed by atoms with Crippen LogP contribution in [0.1, 0.15) is 32.9 Å². The number of benzene rings is 1. The molecule has 0 bridgehead atoms. The Morgan fingerprint density at radius 1 is 1.17 bits per heavy atom. The summed E-state index contributed by atoms with van der Waals surface area (Å²) >= 11 is 9.31. The van der Waals surface area contributed by atoms with Gasteiger partial charge < -0.3 is 4.98 Å². The molecule has 0 aliphatic heterocycles. The zero-order valence-electron chi connectivity index (χ0n) is 10.4. The van der Waals surface area contributed by atoms with Crippen molar-refractivity contribution in [3.8, 4) is 0 Å². The molecule has 0 fully saturated rings. The molecule has 0 saturated heterocycles. The molecule has 1 N–H and O–H groups in total. The van der Waals surface area contributed by atoms with Crippen molar-refractivity contribution in [1.29, 1.82) is 0 Å². The highest BCUT2D eigenvalue weighted by molar-refractivity contribution is 9.10. The summed E-state index contributed by atoms with van der Waals surface area (Å²) in [4.78, 5) is 15.6. The molecular weight excluding hydrogens is 314 g/mol. The Morgan fingerprint density at radius 2 is 1.83 bits per heavy atom. The number of aromatic nitrogens is 1. The number of hydrogen-bond donors (Lipinski definition) is 1. The van der Waals surface area contributed by atoms with Crippen LogP contribution in [0.4, 0.5) is 0 Å². The van der Waals surface area contributed by atoms with Crippen LogP contribution in [-0.2, 0) is 0 Å². The minimum absolute atomic E-state index is 0.0353. The first-order valence-corrected chi connectivity index (χ1v) is 6.74. The quantitative estimate of drug-likeness (QED) is 0.805. The summed E-state index contributed by atoms with van der Waals surface area (Å²) in [7, 11) is 0. The van der Waals surface area contributed by atoms with Crippen molar-refractivity contribution in [2.75, 3.05) is 0 Å². The number of H-pyrrole nitrogens is 1. The van der Waals surface area contributed by atoms with E-state index in [1.807, 2.05) is 20.8 Å². The van der Waals surface area contributed by atoms with Crippen LogP contribution >= 0.6 is 27.5 Å². The van der Waals surface area contributed by atoms with Crippen molar-refractivity contribution < 1.29 is 4.79 Å². The molecule has 1 aromatic heterocycles. The minimum Gasteiger partial charge on any atom is -0.356 e. The highest BCUT2D eigenvalue weighted by Crippen LogP contribution is 2.24. The average Bonchev–Trinajstić information content (AvgIpc) is 2.55. The predicted molar refractivity (Wildman–Crippen MR) is 77.6 cm³/mol. The van der Waals surface area contributed by atoms with E-state index in [2.05, 4.69) is 20.9 Å². The third-order valence-electron chi connectivity index (χ3n) is 3.16. The van der Waals surface area contributed by atoms with Crippen LogP contribution in [0.15, 0.2) is 22.7 Å². The molecule has 0 radical (unpaired) electrons. The van der Waals surface area contributed by atoms with Crippen molar-refractivity contribution in [3.05, 3.63) is 55.8 Å². The van der Waals surface area contributed by atoms with Gasteiger partial charge >= 0.3 is 0 Å². The predicted octanol–water partition coefficient (Wildman–Crippen LogP) is 4.59. The Balaban J connectivity index is 2.51. The van der Waals surface area contributed by atoms with Gasteiger partial charge in [-0.1, -0.05) is 27.5 Å². The molecular formula is C14H13BrClNO. The lowest BCUT2D eigenvalue weighted by molar-refractivity contribution is 0.103. The Morgan fingerprint density at radius 3 is 2.33 bits per heavy atom. The Kier molecular flexibility index (Phi) is 3.64. The fourth-order valence-electron chi connectivity index (χ4n) is 1.90. The monoisotopic (exact) mass is 325 g/mol. The van der Waals surface area contributed by atoms with E-state index >= 15 is 0 Å². The molecule has 0 spiro atoms. The highest BCUT2D eigenvalue weighted by atomic mass is 79.9. The third-order valence-corrected chi connectivity index (χ3v) is 3.84. The molecule has 2 rings (SSSR count). The Hall–Kier alpha value is -1.06. The maximum atomic E-state index is 12.4. The van der Waals surface area contributed by atoms with Crippen LogP contribution in [0.3, 0.4) is 0 Å². The van der Waals surface area contributed by atoms with Crippen LogP contribution in [0, 0.1) is 20.8 Å². The first-order chi connectivity index (χ1) is 8.40. The molecule has 1 aromatic carbocycles. The van der Waals surface area contributed by atoms with E-state index in [0.29, 0.717) is 16.3 Å². The Labute approximate surface area is 119 Å². The second-order valence-corrected chi connectivity index (χ2v) is 5.71. The number of nitrogens with one attached hydrogen (secondary N) is 1. The van der Waals surface area contributed by atoms with Crippen LogP contribution in [-0.4, -0.2) is 10.8 Å². The van der Waals surface area contributed by atoms with E-state index < -0.39 is 0 Å². The van der Waals surface area contributed by atoms with E-state index in [0.717, 1.165) is 21.3 Å². The lowest BCUT2D eigenvalue weighted by Crippen LogP contribution is -2.04. The van der Waals surface area contributed by atoms with Crippen molar-refractivity contribution in [1.82, 2.24) is 4.98 Å². The summed E-state index contributed by atoms with van der Waals surface area (Å²) in [6.45, 7) is 5.92. The summed E-state index contributed by atoms with van der Waals surface area (Å²) in [5.41, 5.74) is 4.36. The molecule has 2 aromatic rings. The number of hydrogen-bond acceptors (Lipinski definition) is 1. The van der Waals surface area contributed by atoms with E-state index in [9.17, 15) is 4.79 Å². The third kappa shape index (κ3) is 2.38. The van der Waals surface area contributed by atoms with Crippen LogP contribution in [0.25, 0.3) is 0 Å². The van der Waals surface area contributed by atoms with Gasteiger partial charge in [-0.25, -0.2) is 0 Å². The number of aromatic amines is 1. The van der Waals surface area contributed by atoms with Crippen molar-refractivity contribution in [2.45, 2.75) is 20.8 Å². The summed E-state index contributed by atoms with van der Waals surface area (Å²) in [5.74, 6) is -0.0353. The van der Waals surface area contributed by atoms with Crippen LogP contribution < -0.4 is 0 Å². The standard InChI is InChI=1S/C14H13BrClNO/c1-7-8(2)13(17-9(7)3)14(18)10-4-11(15)6-12(16)5-10/h4-6,17H,1-3H3. The van der Waals surface area contributed by atoms with Gasteiger partial charge in [0.2, 0.25) is 5.78 Å². The van der Waals surface area contributed by atoms with Crippen molar-refractivity contribution in [2.24, 2.45) is 0 Å². The smallest absolute Gasteiger partial charge is 0.209 e. The van der Waals surface area contributed by atoms with E-state index in [-0.39, 0.29) is 5.78 Å². The lowest BCUT2D eigenvalue weighted by Gasteiger charge is -2.03. The molecule has 0 atom stereocenters. The van der Waals surface area contributed by atoms with Crippen molar-refractivity contribution in [3.63, 3.8) is 0 Å². The van der Waals surface area contributed by atoms with Gasteiger partial charge in [-0.15, -0.1) is 0 Å². The molecule has 4 heteroatoms. The fraction of sp³-hybridized carbons (Fsp3) is 0.214. The number of ketones is 1. The van der Waals surface area contributed by atoms with Gasteiger partial charge in [0, 0.05) is 20.8 Å². The lowest BCUT2D eigenvalue weighted by atomic mass is 10.0. The normalized spacial score (nSPS) is 10.7. The molecule has 0 amide bonds. The van der Waals surface area contributed by atoms with E-state index in [1.54, 1.807) is 18.2 Å². The van der Waals surface area contributed by atoms with Gasteiger partial charge in [-0.05, 0) is 50.1 Å². The molecule has 0 saturated carbocycles. The maximum absolute atomic E-state index is 12.4. The number of carbonyl (C=O) groups is 1. The number of carbonyl (C=O) groups excluding carboxylic acids is 1. The molecule has 0 aliphatic rings. The molecule has 0 unspecified atom stereocenters. The highest BCUT2D eigenvalue weighted by Gasteiger charge is 2.17. The summed E-state index contributed by atoms with van der Waals surface area (Å²) in [6, 6.07) is 5.22. The first-order valence-electron chi connectivity index (χ1n) is 5.56. The second kappa shape index (κ2) is 4.90.